The van der Waals surface area contributed by atoms with Crippen LogP contribution in [0.5, 0.6) is 0 Å². The third-order valence-electron chi connectivity index (χ3n) is 5.98. The number of sulfonamides is 1. The molecule has 2 aromatic carbocycles. The van der Waals surface area contributed by atoms with Crippen LogP contribution in [-0.4, -0.2) is 48.9 Å². The zero-order valence-electron chi connectivity index (χ0n) is 19.2. The van der Waals surface area contributed by atoms with Gasteiger partial charge in [-0.25, -0.2) is 18.4 Å². The van der Waals surface area contributed by atoms with Gasteiger partial charge in [-0.1, -0.05) is 30.7 Å². The number of benzene rings is 2. The third-order valence-corrected chi connectivity index (χ3v) is 8.15. The number of aromatic nitrogens is 2. The minimum atomic E-state index is -4.47. The molecule has 0 radical (unpaired) electrons. The van der Waals surface area contributed by atoms with Crippen molar-refractivity contribution in [1.29, 1.82) is 0 Å². The molecular formula is C24H24ClF3N4O2S. The minimum Gasteiger partial charge on any atom is -0.354 e. The first-order valence-electron chi connectivity index (χ1n) is 11.1. The molecule has 0 atom stereocenters. The van der Waals surface area contributed by atoms with E-state index in [-0.39, 0.29) is 29.4 Å². The number of aryl methyl sites for hydroxylation is 1. The molecule has 0 saturated carbocycles. The van der Waals surface area contributed by atoms with Crippen molar-refractivity contribution in [2.45, 2.75) is 31.3 Å². The molecule has 0 spiro atoms. The lowest BCUT2D eigenvalue weighted by Gasteiger charge is -2.35. The number of rotatable bonds is 5. The molecule has 0 unspecified atom stereocenters. The summed E-state index contributed by atoms with van der Waals surface area (Å²) in [7, 11) is -3.67. The van der Waals surface area contributed by atoms with Crippen LogP contribution in [0.1, 0.15) is 23.7 Å². The molecular weight excluding hydrogens is 501 g/mol. The van der Waals surface area contributed by atoms with Crippen LogP contribution in [0.3, 0.4) is 0 Å². The summed E-state index contributed by atoms with van der Waals surface area (Å²) in [6.45, 7) is 5.03. The number of piperazine rings is 1. The molecule has 4 rings (SSSR count). The molecule has 0 bridgehead atoms. The number of alkyl halides is 3. The van der Waals surface area contributed by atoms with Crippen molar-refractivity contribution >= 4 is 27.4 Å². The standard InChI is InChI=1S/C24H24ClF3N4O2S/c1-3-21-16(2)29-22(17-5-4-6-18(15-17)24(26,27)28)30-23(21)31-11-13-32(14-12-31)35(33,34)20-9-7-19(25)8-10-20/h4-10,15H,3,11-14H2,1-2H3. The maximum absolute atomic E-state index is 13.2. The predicted molar refractivity (Wildman–Crippen MR) is 129 cm³/mol. The van der Waals surface area contributed by atoms with Gasteiger partial charge in [0.2, 0.25) is 10.0 Å². The van der Waals surface area contributed by atoms with Crippen LogP contribution in [0.25, 0.3) is 11.4 Å². The van der Waals surface area contributed by atoms with Crippen molar-refractivity contribution in [3.63, 3.8) is 0 Å². The fraction of sp³-hybridized carbons (Fsp3) is 0.333. The summed E-state index contributed by atoms with van der Waals surface area (Å²) in [5.74, 6) is 0.827. The summed E-state index contributed by atoms with van der Waals surface area (Å²) in [4.78, 5) is 11.3. The van der Waals surface area contributed by atoms with Crippen LogP contribution in [0.2, 0.25) is 5.02 Å². The van der Waals surface area contributed by atoms with Crippen LogP contribution in [-0.2, 0) is 22.6 Å². The molecule has 0 aliphatic carbocycles. The molecule has 0 amide bonds. The van der Waals surface area contributed by atoms with Gasteiger partial charge in [-0.2, -0.15) is 17.5 Å². The van der Waals surface area contributed by atoms with Crippen molar-refractivity contribution in [2.75, 3.05) is 31.1 Å². The Morgan fingerprint density at radius 2 is 1.66 bits per heavy atom. The average molecular weight is 525 g/mol. The molecule has 0 N–H and O–H groups in total. The normalized spacial score (nSPS) is 15.4. The lowest BCUT2D eigenvalue weighted by molar-refractivity contribution is -0.137. The summed E-state index contributed by atoms with van der Waals surface area (Å²) in [5, 5.41) is 0.455. The van der Waals surface area contributed by atoms with Crippen LogP contribution in [0.15, 0.2) is 53.4 Å². The van der Waals surface area contributed by atoms with E-state index < -0.39 is 21.8 Å². The smallest absolute Gasteiger partial charge is 0.354 e. The van der Waals surface area contributed by atoms with Gasteiger partial charge in [0.25, 0.3) is 0 Å². The van der Waals surface area contributed by atoms with Gasteiger partial charge < -0.3 is 4.90 Å². The highest BCUT2D eigenvalue weighted by Gasteiger charge is 2.32. The van der Waals surface area contributed by atoms with Gasteiger partial charge >= 0.3 is 6.18 Å². The lowest BCUT2D eigenvalue weighted by Crippen LogP contribution is -2.49. The van der Waals surface area contributed by atoms with E-state index in [4.69, 9.17) is 11.6 Å². The number of halogens is 4. The number of hydrogen-bond donors (Lipinski definition) is 0. The maximum atomic E-state index is 13.2. The quantitative estimate of drug-likeness (QED) is 0.459. The lowest BCUT2D eigenvalue weighted by atomic mass is 10.1. The highest BCUT2D eigenvalue weighted by Crippen LogP contribution is 2.33. The van der Waals surface area contributed by atoms with Gasteiger partial charge in [0.05, 0.1) is 10.5 Å². The Balaban J connectivity index is 1.61. The monoisotopic (exact) mass is 524 g/mol. The van der Waals surface area contributed by atoms with E-state index in [1.54, 1.807) is 6.07 Å². The Morgan fingerprint density at radius 3 is 2.26 bits per heavy atom. The van der Waals surface area contributed by atoms with Crippen LogP contribution >= 0.6 is 11.6 Å². The van der Waals surface area contributed by atoms with Gasteiger partial charge in [0.15, 0.2) is 5.82 Å². The highest BCUT2D eigenvalue weighted by atomic mass is 35.5. The second-order valence-corrected chi connectivity index (χ2v) is 10.6. The average Bonchev–Trinajstić information content (AvgIpc) is 2.83. The molecule has 1 aliphatic rings. The molecule has 11 heteroatoms. The molecule has 6 nitrogen and oxygen atoms in total. The van der Waals surface area contributed by atoms with E-state index in [1.165, 1.54) is 34.6 Å². The molecule has 186 valence electrons. The van der Waals surface area contributed by atoms with E-state index in [1.807, 2.05) is 18.7 Å². The van der Waals surface area contributed by atoms with Crippen LogP contribution < -0.4 is 4.90 Å². The first-order valence-corrected chi connectivity index (χ1v) is 12.9. The molecule has 1 aromatic heterocycles. The second-order valence-electron chi connectivity index (χ2n) is 8.21. The number of anilines is 1. The van der Waals surface area contributed by atoms with Gasteiger partial charge in [-0.15, -0.1) is 0 Å². The van der Waals surface area contributed by atoms with Crippen molar-refractivity contribution < 1.29 is 21.6 Å². The fourth-order valence-corrected chi connectivity index (χ4v) is 5.66. The molecule has 1 saturated heterocycles. The van der Waals surface area contributed by atoms with E-state index >= 15 is 0 Å². The Bertz CT molecular complexity index is 1320. The van der Waals surface area contributed by atoms with Crippen molar-refractivity contribution in [2.24, 2.45) is 0 Å². The Morgan fingerprint density at radius 1 is 1.00 bits per heavy atom. The van der Waals surface area contributed by atoms with E-state index in [0.717, 1.165) is 17.7 Å². The zero-order chi connectivity index (χ0) is 25.4. The Hall–Kier alpha value is -2.69. The largest absolute Gasteiger partial charge is 0.416 e. The molecule has 3 aromatic rings. The predicted octanol–water partition coefficient (Wildman–Crippen LogP) is 5.20. The first-order chi connectivity index (χ1) is 16.5. The summed E-state index contributed by atoms with van der Waals surface area (Å²) in [6, 6.07) is 11.0. The minimum absolute atomic E-state index is 0.175. The van der Waals surface area contributed by atoms with Gasteiger partial charge in [-0.05, 0) is 49.7 Å². The highest BCUT2D eigenvalue weighted by molar-refractivity contribution is 7.89. The van der Waals surface area contributed by atoms with Gasteiger partial charge in [0, 0.05) is 48.0 Å². The van der Waals surface area contributed by atoms with Crippen LogP contribution in [0, 0.1) is 6.92 Å². The molecule has 2 heterocycles. The third kappa shape index (κ3) is 5.29. The summed E-state index contributed by atoms with van der Waals surface area (Å²) < 4.78 is 67.1. The van der Waals surface area contributed by atoms with Crippen molar-refractivity contribution in [1.82, 2.24) is 14.3 Å². The Labute approximate surface area is 207 Å². The molecule has 1 fully saturated rings. The first kappa shape index (κ1) is 25.4. The Kier molecular flexibility index (Phi) is 7.08. The maximum Gasteiger partial charge on any atom is 0.416 e. The van der Waals surface area contributed by atoms with Gasteiger partial charge in [0.1, 0.15) is 5.82 Å². The van der Waals surface area contributed by atoms with E-state index in [9.17, 15) is 21.6 Å². The van der Waals surface area contributed by atoms with Crippen molar-refractivity contribution in [3.05, 3.63) is 70.4 Å². The topological polar surface area (TPSA) is 66.4 Å². The summed E-state index contributed by atoms with van der Waals surface area (Å²) >= 11 is 5.88. The molecule has 35 heavy (non-hydrogen) atoms. The number of hydrogen-bond acceptors (Lipinski definition) is 5. The fourth-order valence-electron chi connectivity index (χ4n) is 4.12. The van der Waals surface area contributed by atoms with Crippen molar-refractivity contribution in [3.8, 4) is 11.4 Å². The van der Waals surface area contributed by atoms with Crippen LogP contribution in [0.4, 0.5) is 19.0 Å². The SMILES string of the molecule is CCc1c(C)nc(-c2cccc(C(F)(F)F)c2)nc1N1CCN(S(=O)(=O)c2ccc(Cl)cc2)CC1. The molecule has 1 aliphatic heterocycles. The summed E-state index contributed by atoms with van der Waals surface area (Å²) in [5.41, 5.74) is 1.07. The number of nitrogens with zero attached hydrogens (tertiary/aromatic N) is 4. The summed E-state index contributed by atoms with van der Waals surface area (Å²) in [6.07, 6.45) is -3.84. The second kappa shape index (κ2) is 9.75. The van der Waals surface area contributed by atoms with E-state index in [0.29, 0.717) is 36.0 Å². The van der Waals surface area contributed by atoms with Gasteiger partial charge in [-0.3, -0.25) is 0 Å². The van der Waals surface area contributed by atoms with E-state index in [2.05, 4.69) is 9.97 Å². The zero-order valence-corrected chi connectivity index (χ0v) is 20.8.